The molecule has 17 heavy (non-hydrogen) atoms. The van der Waals surface area contributed by atoms with Gasteiger partial charge in [0.05, 0.1) is 10.6 Å². The van der Waals surface area contributed by atoms with Crippen LogP contribution in [0.1, 0.15) is 30.6 Å². The Balaban J connectivity index is 2.83. The van der Waals surface area contributed by atoms with Crippen molar-refractivity contribution in [1.29, 1.82) is 0 Å². The zero-order valence-electron chi connectivity index (χ0n) is 9.69. The predicted molar refractivity (Wildman–Crippen MR) is 68.3 cm³/mol. The van der Waals surface area contributed by atoms with Gasteiger partial charge in [-0.3, -0.25) is 4.79 Å². The lowest BCUT2D eigenvalue weighted by Crippen LogP contribution is -2.43. The summed E-state index contributed by atoms with van der Waals surface area (Å²) in [6, 6.07) is 3.68. The lowest BCUT2D eigenvalue weighted by atomic mass is 10.0. The molecule has 5 heteroatoms. The number of carbonyl (C=O) groups excluding carboxylic acids is 1. The minimum Gasteiger partial charge on any atom is -0.347 e. The van der Waals surface area contributed by atoms with Gasteiger partial charge in [-0.05, 0) is 38.5 Å². The minimum absolute atomic E-state index is 0.101. The van der Waals surface area contributed by atoms with E-state index in [1.807, 2.05) is 13.8 Å². The summed E-state index contributed by atoms with van der Waals surface area (Å²) in [4.78, 5) is 11.9. The van der Waals surface area contributed by atoms with E-state index in [4.69, 9.17) is 23.2 Å². The standard InChI is InChI=1S/C12H14Cl2FNO/c1-12(2,5-6-13)16-11(17)9-4-3-8(15)7-10(9)14/h3-4,7H,5-6H2,1-2H3,(H,16,17). The van der Waals surface area contributed by atoms with Crippen molar-refractivity contribution in [2.45, 2.75) is 25.8 Å². The summed E-state index contributed by atoms with van der Waals surface area (Å²) in [7, 11) is 0. The maximum atomic E-state index is 12.8. The van der Waals surface area contributed by atoms with E-state index in [1.165, 1.54) is 12.1 Å². The van der Waals surface area contributed by atoms with Crippen LogP contribution >= 0.6 is 23.2 Å². The van der Waals surface area contributed by atoms with Gasteiger partial charge in [-0.15, -0.1) is 11.6 Å². The largest absolute Gasteiger partial charge is 0.347 e. The first kappa shape index (κ1) is 14.3. The summed E-state index contributed by atoms with van der Waals surface area (Å²) in [6.45, 7) is 3.73. The molecule has 0 aromatic heterocycles. The average molecular weight is 278 g/mol. The van der Waals surface area contributed by atoms with Gasteiger partial charge in [-0.25, -0.2) is 4.39 Å². The molecule has 1 rings (SSSR count). The van der Waals surface area contributed by atoms with Crippen LogP contribution in [0.5, 0.6) is 0 Å². The molecule has 1 amide bonds. The van der Waals surface area contributed by atoms with Gasteiger partial charge in [0, 0.05) is 11.4 Å². The highest BCUT2D eigenvalue weighted by molar-refractivity contribution is 6.33. The molecule has 0 atom stereocenters. The van der Waals surface area contributed by atoms with E-state index in [2.05, 4.69) is 5.32 Å². The first-order valence-electron chi connectivity index (χ1n) is 5.19. The molecule has 0 spiro atoms. The predicted octanol–water partition coefficient (Wildman–Crippen LogP) is 3.62. The summed E-state index contributed by atoms with van der Waals surface area (Å²) in [5.41, 5.74) is -0.160. The van der Waals surface area contributed by atoms with E-state index >= 15 is 0 Å². The van der Waals surface area contributed by atoms with Gasteiger partial charge in [0.1, 0.15) is 5.82 Å². The maximum absolute atomic E-state index is 12.8. The molecular formula is C12H14Cl2FNO. The van der Waals surface area contributed by atoms with Crippen LogP contribution in [0.4, 0.5) is 4.39 Å². The third kappa shape index (κ3) is 4.17. The number of nitrogens with one attached hydrogen (secondary N) is 1. The number of hydrogen-bond acceptors (Lipinski definition) is 1. The Morgan fingerprint density at radius 2 is 2.12 bits per heavy atom. The highest BCUT2D eigenvalue weighted by atomic mass is 35.5. The van der Waals surface area contributed by atoms with Gasteiger partial charge < -0.3 is 5.32 Å². The molecule has 0 aliphatic heterocycles. The van der Waals surface area contributed by atoms with Crippen molar-refractivity contribution in [1.82, 2.24) is 5.32 Å². The summed E-state index contributed by atoms with van der Waals surface area (Å²) in [5, 5.41) is 2.90. The molecular weight excluding hydrogens is 264 g/mol. The zero-order chi connectivity index (χ0) is 13.1. The molecule has 0 aliphatic rings. The second-order valence-electron chi connectivity index (χ2n) is 4.40. The van der Waals surface area contributed by atoms with Crippen LogP contribution in [0, 0.1) is 5.82 Å². The molecule has 1 N–H and O–H groups in total. The Labute approximate surface area is 110 Å². The average Bonchev–Trinajstić information content (AvgIpc) is 2.15. The number of halogens is 3. The Kier molecular flexibility index (Phi) is 4.78. The molecule has 0 fully saturated rings. The van der Waals surface area contributed by atoms with Crippen molar-refractivity contribution < 1.29 is 9.18 Å². The van der Waals surface area contributed by atoms with Gasteiger partial charge in [0.15, 0.2) is 0 Å². The van der Waals surface area contributed by atoms with E-state index < -0.39 is 11.4 Å². The lowest BCUT2D eigenvalue weighted by molar-refractivity contribution is 0.0912. The number of carbonyl (C=O) groups is 1. The Morgan fingerprint density at radius 3 is 2.65 bits per heavy atom. The van der Waals surface area contributed by atoms with Crippen molar-refractivity contribution in [3.05, 3.63) is 34.6 Å². The topological polar surface area (TPSA) is 29.1 Å². The fraction of sp³-hybridized carbons (Fsp3) is 0.417. The van der Waals surface area contributed by atoms with E-state index in [0.29, 0.717) is 12.3 Å². The summed E-state index contributed by atoms with van der Waals surface area (Å²) < 4.78 is 12.8. The van der Waals surface area contributed by atoms with Gasteiger partial charge in [0.2, 0.25) is 0 Å². The van der Waals surface area contributed by atoms with Crippen molar-refractivity contribution in [3.63, 3.8) is 0 Å². The first-order valence-corrected chi connectivity index (χ1v) is 6.10. The first-order chi connectivity index (χ1) is 7.85. The van der Waals surface area contributed by atoms with Crippen molar-refractivity contribution in [3.8, 4) is 0 Å². The van der Waals surface area contributed by atoms with Crippen LogP contribution in [-0.4, -0.2) is 17.3 Å². The van der Waals surface area contributed by atoms with Gasteiger partial charge in [-0.2, -0.15) is 0 Å². The number of benzene rings is 1. The van der Waals surface area contributed by atoms with Crippen LogP contribution < -0.4 is 5.32 Å². The normalized spacial score (nSPS) is 11.4. The Bertz CT molecular complexity index is 421. The fourth-order valence-corrected chi connectivity index (χ4v) is 2.07. The van der Waals surface area contributed by atoms with Crippen molar-refractivity contribution >= 4 is 29.1 Å². The number of amides is 1. The van der Waals surface area contributed by atoms with Gasteiger partial charge >= 0.3 is 0 Å². The van der Waals surface area contributed by atoms with Crippen LogP contribution in [0.15, 0.2) is 18.2 Å². The Hall–Kier alpha value is -0.800. The third-order valence-corrected chi connectivity index (χ3v) is 2.85. The maximum Gasteiger partial charge on any atom is 0.253 e. The summed E-state index contributed by atoms with van der Waals surface area (Å²) >= 11 is 11.4. The van der Waals surface area contributed by atoms with E-state index in [-0.39, 0.29) is 16.5 Å². The quantitative estimate of drug-likeness (QED) is 0.837. The molecule has 0 heterocycles. The second-order valence-corrected chi connectivity index (χ2v) is 5.19. The van der Waals surface area contributed by atoms with E-state index in [1.54, 1.807) is 0 Å². The highest BCUT2D eigenvalue weighted by Crippen LogP contribution is 2.19. The smallest absolute Gasteiger partial charge is 0.253 e. The van der Waals surface area contributed by atoms with Crippen LogP contribution in [0.3, 0.4) is 0 Å². The molecule has 0 unspecified atom stereocenters. The zero-order valence-corrected chi connectivity index (χ0v) is 11.2. The summed E-state index contributed by atoms with van der Waals surface area (Å²) in [5.74, 6) is -0.346. The van der Waals surface area contributed by atoms with Crippen LogP contribution in [0.2, 0.25) is 5.02 Å². The molecule has 0 aliphatic carbocycles. The molecule has 0 saturated carbocycles. The Morgan fingerprint density at radius 1 is 1.47 bits per heavy atom. The monoisotopic (exact) mass is 277 g/mol. The van der Waals surface area contributed by atoms with Crippen molar-refractivity contribution in [2.75, 3.05) is 5.88 Å². The number of alkyl halides is 1. The summed E-state index contributed by atoms with van der Waals surface area (Å²) in [6.07, 6.45) is 0.638. The SMILES string of the molecule is CC(C)(CCCl)NC(=O)c1ccc(F)cc1Cl. The minimum atomic E-state index is -0.466. The lowest BCUT2D eigenvalue weighted by Gasteiger charge is -2.25. The fourth-order valence-electron chi connectivity index (χ4n) is 1.35. The number of hydrogen-bond donors (Lipinski definition) is 1. The molecule has 0 radical (unpaired) electrons. The molecule has 94 valence electrons. The van der Waals surface area contributed by atoms with Gasteiger partial charge in [0.25, 0.3) is 5.91 Å². The molecule has 1 aromatic carbocycles. The number of rotatable bonds is 4. The van der Waals surface area contributed by atoms with E-state index in [0.717, 1.165) is 6.07 Å². The van der Waals surface area contributed by atoms with Gasteiger partial charge in [-0.1, -0.05) is 11.6 Å². The molecule has 0 bridgehead atoms. The third-order valence-electron chi connectivity index (χ3n) is 2.35. The molecule has 2 nitrogen and oxygen atoms in total. The van der Waals surface area contributed by atoms with Crippen LogP contribution in [-0.2, 0) is 0 Å². The van der Waals surface area contributed by atoms with E-state index in [9.17, 15) is 9.18 Å². The van der Waals surface area contributed by atoms with Crippen LogP contribution in [0.25, 0.3) is 0 Å². The highest BCUT2D eigenvalue weighted by Gasteiger charge is 2.21. The second kappa shape index (κ2) is 5.69. The van der Waals surface area contributed by atoms with Crippen molar-refractivity contribution in [2.24, 2.45) is 0 Å². The molecule has 1 aromatic rings. The molecule has 0 saturated heterocycles.